The highest BCUT2D eigenvalue weighted by atomic mass is 32.2. The van der Waals surface area contributed by atoms with Crippen LogP contribution in [0.25, 0.3) is 10.8 Å². The molecule has 0 spiro atoms. The Balaban J connectivity index is 1.12. The van der Waals surface area contributed by atoms with E-state index in [9.17, 15) is 28.2 Å². The molecular formula is C33H45N7O6S+2. The summed E-state index contributed by atoms with van der Waals surface area (Å²) in [4.78, 5) is 30.9. The summed E-state index contributed by atoms with van der Waals surface area (Å²) in [5.74, 6) is -2.71. The second-order valence-electron chi connectivity index (χ2n) is 14.2. The molecule has 4 fully saturated rings. The first kappa shape index (κ1) is 31.9. The second-order valence-corrected chi connectivity index (χ2v) is 16.1. The number of rotatable bonds is 11. The van der Waals surface area contributed by atoms with E-state index in [0.29, 0.717) is 23.2 Å². The van der Waals surface area contributed by atoms with E-state index in [1.165, 1.54) is 16.1 Å². The van der Waals surface area contributed by atoms with E-state index in [1.807, 2.05) is 25.1 Å². The number of amides is 1. The zero-order chi connectivity index (χ0) is 33.5. The number of aliphatic hydroxyl groups excluding tert-OH is 1. The zero-order valence-electron chi connectivity index (χ0n) is 27.0. The highest BCUT2D eigenvalue weighted by molar-refractivity contribution is 7.93. The molecule has 0 radical (unpaired) electrons. The van der Waals surface area contributed by atoms with Crippen molar-refractivity contribution < 1.29 is 37.2 Å². The molecular weight excluding hydrogens is 622 g/mol. The number of β-lactam (4-membered cyclic amide) rings is 1. The molecule has 0 aliphatic carbocycles. The molecule has 4 saturated heterocycles. The number of carboxylic acid groups (broad SMARTS) is 1. The highest BCUT2D eigenvalue weighted by Gasteiger charge is 2.60. The van der Waals surface area contributed by atoms with Crippen LogP contribution in [0.15, 0.2) is 51.5 Å². The van der Waals surface area contributed by atoms with Gasteiger partial charge in [-0.1, -0.05) is 25.1 Å². The summed E-state index contributed by atoms with van der Waals surface area (Å²) in [7, 11) is -3.97. The van der Waals surface area contributed by atoms with Crippen molar-refractivity contribution in [3.8, 4) is 0 Å². The number of anilines is 1. The number of benzene rings is 2. The molecule has 14 heteroatoms. The van der Waals surface area contributed by atoms with Crippen LogP contribution in [0.3, 0.4) is 0 Å². The average Bonchev–Trinajstić information content (AvgIpc) is 3.41. The van der Waals surface area contributed by atoms with Crippen LogP contribution in [0, 0.1) is 11.8 Å². The Morgan fingerprint density at radius 2 is 1.72 bits per heavy atom. The third-order valence-corrected chi connectivity index (χ3v) is 13.6. The number of aliphatic imine (C=N–C) groups is 1. The summed E-state index contributed by atoms with van der Waals surface area (Å²) in [5.41, 5.74) is 12.8. The van der Waals surface area contributed by atoms with Gasteiger partial charge < -0.3 is 35.5 Å². The predicted molar refractivity (Wildman–Crippen MR) is 177 cm³/mol. The fourth-order valence-electron chi connectivity index (χ4n) is 9.07. The van der Waals surface area contributed by atoms with Crippen molar-refractivity contribution in [1.82, 2.24) is 4.90 Å². The van der Waals surface area contributed by atoms with Gasteiger partial charge in [-0.15, -0.1) is 0 Å². The van der Waals surface area contributed by atoms with Gasteiger partial charge >= 0.3 is 5.97 Å². The van der Waals surface area contributed by atoms with E-state index >= 15 is 0 Å². The third kappa shape index (κ3) is 4.90. The Bertz CT molecular complexity index is 1810. The topological polar surface area (TPSA) is 180 Å². The first-order valence-corrected chi connectivity index (χ1v) is 18.0. The Morgan fingerprint density at radius 3 is 2.34 bits per heavy atom. The van der Waals surface area contributed by atoms with E-state index < -0.39 is 45.9 Å². The lowest BCUT2D eigenvalue weighted by atomic mass is 9.78. The molecule has 6 heterocycles. The number of aliphatic carboxylic acids is 1. The number of carboxylic acids is 1. The molecule has 6 aliphatic heterocycles. The van der Waals surface area contributed by atoms with Gasteiger partial charge in [-0.25, -0.2) is 13.2 Å². The normalized spacial score (nSPS) is 30.9. The molecule has 2 aromatic rings. The van der Waals surface area contributed by atoms with Gasteiger partial charge in [-0.05, 0) is 35.6 Å². The van der Waals surface area contributed by atoms with E-state index in [4.69, 9.17) is 11.5 Å². The maximum atomic E-state index is 14.0. The number of guanidine groups is 1. The summed E-state index contributed by atoms with van der Waals surface area (Å²) >= 11 is 0. The minimum Gasteiger partial charge on any atom is -0.477 e. The minimum atomic E-state index is -3.97. The summed E-state index contributed by atoms with van der Waals surface area (Å²) in [6, 6.07) is 8.76. The molecule has 6 N–H and O–H groups in total. The molecule has 8 rings (SSSR count). The quantitative estimate of drug-likeness (QED) is 0.0875. The van der Waals surface area contributed by atoms with E-state index in [-0.39, 0.29) is 23.1 Å². The van der Waals surface area contributed by atoms with Gasteiger partial charge in [0.15, 0.2) is 5.96 Å². The van der Waals surface area contributed by atoms with Gasteiger partial charge in [0.2, 0.25) is 5.91 Å². The average molecular weight is 668 g/mol. The maximum absolute atomic E-state index is 14.0. The van der Waals surface area contributed by atoms with E-state index in [1.54, 1.807) is 12.1 Å². The molecule has 252 valence electrons. The lowest BCUT2D eigenvalue weighted by Gasteiger charge is -2.55. The van der Waals surface area contributed by atoms with Gasteiger partial charge in [0.25, 0.3) is 10.0 Å². The van der Waals surface area contributed by atoms with Crippen LogP contribution in [-0.4, -0.2) is 128 Å². The van der Waals surface area contributed by atoms with Crippen LogP contribution in [0.5, 0.6) is 0 Å². The van der Waals surface area contributed by atoms with Crippen LogP contribution >= 0.6 is 0 Å². The lowest BCUT2D eigenvalue weighted by molar-refractivity contribution is -1.08. The molecule has 47 heavy (non-hydrogen) atoms. The van der Waals surface area contributed by atoms with Gasteiger partial charge in [0.05, 0.1) is 48.3 Å². The molecule has 1 amide bonds. The van der Waals surface area contributed by atoms with Gasteiger partial charge in [0.1, 0.15) is 45.0 Å². The smallest absolute Gasteiger partial charge is 0.352 e. The summed E-state index contributed by atoms with van der Waals surface area (Å²) in [6.07, 6.45) is 0.873. The van der Waals surface area contributed by atoms with Gasteiger partial charge in [0, 0.05) is 30.7 Å². The first-order valence-electron chi connectivity index (χ1n) is 16.6. The number of sulfonamides is 1. The van der Waals surface area contributed by atoms with Crippen molar-refractivity contribution in [1.29, 1.82) is 0 Å². The summed E-state index contributed by atoms with van der Waals surface area (Å²) < 4.78 is 31.6. The fraction of sp³-hybridized carbons (Fsp3) is 0.545. The number of piperazine rings is 3. The Kier molecular flexibility index (Phi) is 7.58. The van der Waals surface area contributed by atoms with Crippen molar-refractivity contribution in [3.63, 3.8) is 0 Å². The molecule has 6 aliphatic rings. The van der Waals surface area contributed by atoms with E-state index in [0.717, 1.165) is 85.1 Å². The van der Waals surface area contributed by atoms with Crippen molar-refractivity contribution in [2.45, 2.75) is 43.7 Å². The number of hydrogen-bond acceptors (Lipinski definition) is 6. The summed E-state index contributed by atoms with van der Waals surface area (Å²) in [6.45, 7) is 12.7. The SMILES string of the molecule is C[C@@H](O)[C@H]1C(=O)N2C(C(=O)O)=C(CN3c4cccc5c(CC[N+]67CC[N+](CCCN=C(N)N)(CC6)CC7)ccc(c45)S3(=O)=O)[C@H](C)[C@H]12. The predicted octanol–water partition coefficient (Wildman–Crippen LogP) is 0.412. The third-order valence-electron chi connectivity index (χ3n) is 11.8. The number of nitrogens with zero attached hydrogens (tertiary/aromatic N) is 5. The lowest BCUT2D eigenvalue weighted by Crippen LogP contribution is -2.75. The maximum Gasteiger partial charge on any atom is 0.352 e. The van der Waals surface area contributed by atoms with Crippen LogP contribution in [-0.2, 0) is 26.0 Å². The highest BCUT2D eigenvalue weighted by Crippen LogP contribution is 2.50. The van der Waals surface area contributed by atoms with E-state index in [2.05, 4.69) is 4.99 Å². The number of carbonyl (C=O) groups excluding carboxylic acids is 1. The Morgan fingerprint density at radius 1 is 1.06 bits per heavy atom. The second kappa shape index (κ2) is 11.2. The van der Waals surface area contributed by atoms with Crippen LogP contribution < -0.4 is 15.8 Å². The molecule has 13 nitrogen and oxygen atoms in total. The number of hydrogen-bond donors (Lipinski definition) is 4. The number of quaternary nitrogens is 2. The van der Waals surface area contributed by atoms with Crippen LogP contribution in [0.2, 0.25) is 0 Å². The van der Waals surface area contributed by atoms with Crippen LogP contribution in [0.1, 0.15) is 25.8 Å². The van der Waals surface area contributed by atoms with Crippen molar-refractivity contribution in [2.75, 3.05) is 69.8 Å². The Labute approximate surface area is 274 Å². The minimum absolute atomic E-state index is 0.147. The Hall–Kier alpha value is -3.72. The zero-order valence-corrected chi connectivity index (χ0v) is 27.8. The first-order chi connectivity index (χ1) is 22.3. The largest absolute Gasteiger partial charge is 0.477 e. The van der Waals surface area contributed by atoms with Gasteiger partial charge in [-0.2, -0.15) is 0 Å². The van der Waals surface area contributed by atoms with Gasteiger partial charge in [-0.3, -0.25) is 14.1 Å². The van der Waals surface area contributed by atoms with Crippen molar-refractivity contribution in [3.05, 3.63) is 47.2 Å². The van der Waals surface area contributed by atoms with Crippen LogP contribution in [0.4, 0.5) is 5.69 Å². The molecule has 0 saturated carbocycles. The fourth-order valence-corrected chi connectivity index (χ4v) is 10.7. The monoisotopic (exact) mass is 667 g/mol. The molecule has 2 aromatic carbocycles. The molecule has 2 bridgehead atoms. The standard InChI is InChI=1S/C33H43N7O6S/c1-20-24(30(32(43)44)38-29(20)27(21(2)41)31(38)42)19-37-25-6-3-5-23-22(7-8-26(28(23)25)47(37,45)46)9-12-40-16-13-39(14-17-40,15-18-40)11-4-10-36-33(34)35/h3,5-8,20-21,27,29,41H,4,9-19H2,1-2H3,(H3-2,34,35,36,43,44)/p+2/t20-,21+,27+,29+,39?,40?/m0/s1. The molecule has 0 unspecified atom stereocenters. The number of nitrogens with two attached hydrogens (primary N) is 2. The molecule has 4 atom stereocenters. The van der Waals surface area contributed by atoms with Crippen molar-refractivity contribution in [2.24, 2.45) is 28.3 Å². The summed E-state index contributed by atoms with van der Waals surface area (Å²) in [5, 5.41) is 21.9. The number of carbonyl (C=O) groups is 2. The van der Waals surface area contributed by atoms with Crippen molar-refractivity contribution >= 4 is 44.3 Å². The number of aliphatic hydroxyl groups is 1. The number of fused-ring (bicyclic) bond motifs is 4. The molecule has 0 aromatic heterocycles.